The SMILES string of the molecule is CCC[C@H](N)C(O)C(=O)NCC(=O)NC(C(=O)N(C)C)C1CCCCC1.Cl. The van der Waals surface area contributed by atoms with E-state index < -0.39 is 30.0 Å². The molecule has 1 aliphatic rings. The zero-order valence-corrected chi connectivity index (χ0v) is 17.4. The lowest BCUT2D eigenvalue weighted by molar-refractivity contribution is -0.137. The third-order valence-corrected chi connectivity index (χ3v) is 4.86. The Labute approximate surface area is 168 Å². The van der Waals surface area contributed by atoms with Crippen molar-refractivity contribution < 1.29 is 19.5 Å². The molecule has 0 radical (unpaired) electrons. The number of nitrogens with one attached hydrogen (secondary N) is 2. The Hall–Kier alpha value is -1.38. The molecule has 0 spiro atoms. The number of aliphatic hydroxyl groups is 1. The molecule has 1 saturated carbocycles. The molecule has 5 N–H and O–H groups in total. The fourth-order valence-corrected chi connectivity index (χ4v) is 3.31. The monoisotopic (exact) mass is 406 g/mol. The normalized spacial score (nSPS) is 17.8. The molecule has 0 saturated heterocycles. The van der Waals surface area contributed by atoms with Crippen LogP contribution in [0.1, 0.15) is 51.9 Å². The van der Waals surface area contributed by atoms with E-state index in [-0.39, 0.29) is 30.8 Å². The minimum absolute atomic E-state index is 0. The first kappa shape index (κ1) is 25.6. The van der Waals surface area contributed by atoms with Gasteiger partial charge in [0, 0.05) is 20.1 Å². The van der Waals surface area contributed by atoms with E-state index in [9.17, 15) is 19.5 Å². The minimum Gasteiger partial charge on any atom is -0.382 e. The first-order valence-electron chi connectivity index (χ1n) is 9.49. The van der Waals surface area contributed by atoms with E-state index in [1.165, 1.54) is 4.90 Å². The molecule has 9 heteroatoms. The van der Waals surface area contributed by atoms with Crippen LogP contribution < -0.4 is 16.4 Å². The molecule has 1 aliphatic carbocycles. The average Bonchev–Trinajstić information content (AvgIpc) is 2.63. The van der Waals surface area contributed by atoms with Crippen LogP contribution in [0.2, 0.25) is 0 Å². The Morgan fingerprint density at radius 1 is 1.19 bits per heavy atom. The Morgan fingerprint density at radius 2 is 1.78 bits per heavy atom. The van der Waals surface area contributed by atoms with E-state index >= 15 is 0 Å². The summed E-state index contributed by atoms with van der Waals surface area (Å²) in [6.07, 6.45) is 4.98. The molecule has 158 valence electrons. The average molecular weight is 407 g/mol. The van der Waals surface area contributed by atoms with Gasteiger partial charge in [-0.1, -0.05) is 32.6 Å². The van der Waals surface area contributed by atoms with Gasteiger partial charge in [0.05, 0.1) is 6.54 Å². The molecule has 3 atom stereocenters. The highest BCUT2D eigenvalue weighted by Gasteiger charge is 2.32. The number of carbonyl (C=O) groups is 3. The lowest BCUT2D eigenvalue weighted by Crippen LogP contribution is -2.54. The predicted molar refractivity (Wildman–Crippen MR) is 106 cm³/mol. The van der Waals surface area contributed by atoms with Crippen molar-refractivity contribution in [2.45, 2.75) is 70.1 Å². The van der Waals surface area contributed by atoms with Gasteiger partial charge in [0.25, 0.3) is 5.91 Å². The van der Waals surface area contributed by atoms with Gasteiger partial charge in [-0.15, -0.1) is 12.4 Å². The number of nitrogens with zero attached hydrogens (tertiary/aromatic N) is 1. The number of amides is 3. The molecular formula is C18H35ClN4O4. The summed E-state index contributed by atoms with van der Waals surface area (Å²) in [6.45, 7) is 1.61. The van der Waals surface area contributed by atoms with Gasteiger partial charge in [0.1, 0.15) is 12.1 Å². The van der Waals surface area contributed by atoms with Crippen molar-refractivity contribution in [3.8, 4) is 0 Å². The second-order valence-corrected chi connectivity index (χ2v) is 7.29. The van der Waals surface area contributed by atoms with E-state index in [0.29, 0.717) is 6.42 Å². The highest BCUT2D eigenvalue weighted by atomic mass is 35.5. The maximum atomic E-state index is 12.5. The lowest BCUT2D eigenvalue weighted by Gasteiger charge is -2.31. The molecule has 2 unspecified atom stereocenters. The van der Waals surface area contributed by atoms with E-state index in [1.807, 2.05) is 6.92 Å². The number of carbonyl (C=O) groups excluding carboxylic acids is 3. The van der Waals surface area contributed by atoms with Crippen molar-refractivity contribution in [1.29, 1.82) is 0 Å². The van der Waals surface area contributed by atoms with Gasteiger partial charge in [0.2, 0.25) is 11.8 Å². The van der Waals surface area contributed by atoms with Crippen molar-refractivity contribution >= 4 is 30.1 Å². The van der Waals surface area contributed by atoms with Crippen molar-refractivity contribution in [3.63, 3.8) is 0 Å². The summed E-state index contributed by atoms with van der Waals surface area (Å²) in [4.78, 5) is 38.1. The van der Waals surface area contributed by atoms with Gasteiger partial charge in [-0.25, -0.2) is 0 Å². The van der Waals surface area contributed by atoms with E-state index in [1.54, 1.807) is 14.1 Å². The van der Waals surface area contributed by atoms with Crippen LogP contribution in [-0.2, 0) is 14.4 Å². The molecule has 0 aliphatic heterocycles. The van der Waals surface area contributed by atoms with Crippen LogP contribution in [0.4, 0.5) is 0 Å². The molecule has 0 bridgehead atoms. The third kappa shape index (κ3) is 8.45. The number of halogens is 1. The summed E-state index contributed by atoms with van der Waals surface area (Å²) in [7, 11) is 3.33. The number of rotatable bonds is 9. The number of aliphatic hydroxyl groups excluding tert-OH is 1. The quantitative estimate of drug-likeness (QED) is 0.434. The Morgan fingerprint density at radius 3 is 2.30 bits per heavy atom. The molecule has 0 aromatic heterocycles. The maximum absolute atomic E-state index is 12.5. The second-order valence-electron chi connectivity index (χ2n) is 7.29. The summed E-state index contributed by atoms with van der Waals surface area (Å²) in [5.74, 6) is -1.14. The lowest BCUT2D eigenvalue weighted by atomic mass is 9.83. The summed E-state index contributed by atoms with van der Waals surface area (Å²) in [5, 5.41) is 15.0. The Balaban J connectivity index is 0.00000676. The number of hydrogen-bond acceptors (Lipinski definition) is 5. The molecule has 8 nitrogen and oxygen atoms in total. The molecule has 1 rings (SSSR count). The topological polar surface area (TPSA) is 125 Å². The minimum atomic E-state index is -1.35. The molecule has 0 heterocycles. The van der Waals surface area contributed by atoms with Crippen LogP contribution in [0.5, 0.6) is 0 Å². The zero-order chi connectivity index (χ0) is 19.7. The van der Waals surface area contributed by atoms with Gasteiger partial charge < -0.3 is 26.4 Å². The standard InChI is InChI=1S/C18H34N4O4.ClH/c1-4-8-13(19)16(24)17(25)20-11-14(23)21-15(18(26)22(2)3)12-9-6-5-7-10-12;/h12-13,15-16,24H,4-11,19H2,1-3H3,(H,20,25)(H,21,23);1H/t13-,15?,16?;/m0./s1. The summed E-state index contributed by atoms with van der Waals surface area (Å²) in [6, 6.07) is -1.24. The molecule has 1 fully saturated rings. The number of nitrogens with two attached hydrogens (primary N) is 1. The molecule has 0 aromatic carbocycles. The highest BCUT2D eigenvalue weighted by Crippen LogP contribution is 2.27. The van der Waals surface area contributed by atoms with Crippen LogP contribution in [0.3, 0.4) is 0 Å². The van der Waals surface area contributed by atoms with Crippen molar-refractivity contribution in [1.82, 2.24) is 15.5 Å². The molecule has 27 heavy (non-hydrogen) atoms. The summed E-state index contributed by atoms with van der Waals surface area (Å²) >= 11 is 0. The molecule has 0 aromatic rings. The van der Waals surface area contributed by atoms with Gasteiger partial charge in [-0.05, 0) is 25.2 Å². The van der Waals surface area contributed by atoms with Crippen LogP contribution in [0, 0.1) is 5.92 Å². The smallest absolute Gasteiger partial charge is 0.250 e. The Kier molecular flexibility index (Phi) is 12.2. The van der Waals surface area contributed by atoms with E-state index in [2.05, 4.69) is 10.6 Å². The maximum Gasteiger partial charge on any atom is 0.250 e. The fourth-order valence-electron chi connectivity index (χ4n) is 3.31. The first-order valence-corrected chi connectivity index (χ1v) is 9.49. The van der Waals surface area contributed by atoms with Gasteiger partial charge in [-0.2, -0.15) is 0 Å². The van der Waals surface area contributed by atoms with Crippen LogP contribution in [0.25, 0.3) is 0 Å². The first-order chi connectivity index (χ1) is 12.3. The largest absolute Gasteiger partial charge is 0.382 e. The van der Waals surface area contributed by atoms with Crippen molar-refractivity contribution in [2.24, 2.45) is 11.7 Å². The summed E-state index contributed by atoms with van der Waals surface area (Å²) in [5.41, 5.74) is 5.72. The van der Waals surface area contributed by atoms with E-state index in [4.69, 9.17) is 5.73 Å². The van der Waals surface area contributed by atoms with Crippen molar-refractivity contribution in [2.75, 3.05) is 20.6 Å². The molecule has 3 amide bonds. The number of hydrogen-bond donors (Lipinski definition) is 4. The second kappa shape index (κ2) is 12.9. The van der Waals surface area contributed by atoms with Gasteiger partial charge in [0.15, 0.2) is 0 Å². The highest BCUT2D eigenvalue weighted by molar-refractivity contribution is 5.91. The van der Waals surface area contributed by atoms with E-state index in [0.717, 1.165) is 38.5 Å². The fraction of sp³-hybridized carbons (Fsp3) is 0.833. The molecular weight excluding hydrogens is 372 g/mol. The predicted octanol–water partition coefficient (Wildman–Crippen LogP) is 0.166. The van der Waals surface area contributed by atoms with Crippen LogP contribution in [-0.4, -0.2) is 66.6 Å². The Bertz CT molecular complexity index is 484. The third-order valence-electron chi connectivity index (χ3n) is 4.86. The number of likely N-dealkylation sites (N-methyl/N-ethyl adjacent to an activating group) is 1. The van der Waals surface area contributed by atoms with Gasteiger partial charge >= 0.3 is 0 Å². The zero-order valence-electron chi connectivity index (χ0n) is 16.6. The van der Waals surface area contributed by atoms with Crippen LogP contribution >= 0.6 is 12.4 Å². The van der Waals surface area contributed by atoms with Crippen molar-refractivity contribution in [3.05, 3.63) is 0 Å². The van der Waals surface area contributed by atoms with Gasteiger partial charge in [-0.3, -0.25) is 14.4 Å². The summed E-state index contributed by atoms with van der Waals surface area (Å²) < 4.78 is 0. The van der Waals surface area contributed by atoms with Crippen LogP contribution in [0.15, 0.2) is 0 Å².